The molecule has 0 aliphatic rings. The molecule has 1 N–H and O–H groups in total. The Balaban J connectivity index is 1.59. The molecule has 0 saturated heterocycles. The van der Waals surface area contributed by atoms with Crippen molar-refractivity contribution >= 4 is 28.5 Å². The molecule has 2 aromatic carbocycles. The van der Waals surface area contributed by atoms with E-state index in [1.807, 2.05) is 0 Å². The van der Waals surface area contributed by atoms with Crippen LogP contribution in [0.4, 0.5) is 5.69 Å². The van der Waals surface area contributed by atoms with E-state index in [2.05, 4.69) is 15.6 Å². The molecule has 1 heterocycles. The molecule has 3 aromatic rings. The van der Waals surface area contributed by atoms with Gasteiger partial charge < -0.3 is 19.5 Å². The van der Waals surface area contributed by atoms with Gasteiger partial charge in [-0.3, -0.25) is 14.4 Å². The minimum Gasteiger partial charge on any atom is -0.497 e. The number of hydrogen-bond acceptors (Lipinski definition) is 8. The lowest BCUT2D eigenvalue weighted by Crippen LogP contribution is -2.30. The molecule has 0 atom stereocenters. The van der Waals surface area contributed by atoms with Crippen molar-refractivity contribution in [2.45, 2.75) is 6.54 Å². The van der Waals surface area contributed by atoms with Gasteiger partial charge in [0.05, 0.1) is 25.3 Å². The van der Waals surface area contributed by atoms with Crippen molar-refractivity contribution in [2.24, 2.45) is 0 Å². The van der Waals surface area contributed by atoms with Crippen LogP contribution in [0.3, 0.4) is 0 Å². The highest BCUT2D eigenvalue weighted by atomic mass is 16.5. The van der Waals surface area contributed by atoms with Gasteiger partial charge in [-0.2, -0.15) is 4.68 Å². The summed E-state index contributed by atoms with van der Waals surface area (Å²) in [6.07, 6.45) is 0. The Morgan fingerprint density at radius 3 is 2.66 bits per heavy atom. The molecule has 1 aromatic heterocycles. The molecule has 0 radical (unpaired) electrons. The molecule has 0 unspecified atom stereocenters. The number of rotatable bonds is 7. The molecule has 0 aliphatic heterocycles. The van der Waals surface area contributed by atoms with Gasteiger partial charge >= 0.3 is 5.97 Å². The zero-order chi connectivity index (χ0) is 20.8. The largest absolute Gasteiger partial charge is 0.497 e. The van der Waals surface area contributed by atoms with Gasteiger partial charge in [-0.25, -0.2) is 0 Å². The van der Waals surface area contributed by atoms with Gasteiger partial charge in [0.2, 0.25) is 0 Å². The van der Waals surface area contributed by atoms with Crippen LogP contribution in [0.15, 0.2) is 47.3 Å². The van der Waals surface area contributed by atoms with Gasteiger partial charge in [0.25, 0.3) is 11.5 Å². The van der Waals surface area contributed by atoms with E-state index in [9.17, 15) is 14.4 Å². The van der Waals surface area contributed by atoms with Crippen molar-refractivity contribution in [3.63, 3.8) is 0 Å². The van der Waals surface area contributed by atoms with E-state index in [0.717, 1.165) is 4.68 Å². The number of carbonyl (C=O) groups is 2. The Morgan fingerprint density at radius 2 is 1.90 bits per heavy atom. The number of carbonyl (C=O) groups excluding carboxylic acids is 2. The number of methoxy groups -OCH3 is 2. The van der Waals surface area contributed by atoms with Gasteiger partial charge in [0, 0.05) is 6.07 Å². The number of esters is 1. The predicted octanol–water partition coefficient (Wildman–Crippen LogP) is 0.991. The quantitative estimate of drug-likeness (QED) is 0.585. The molecule has 10 heteroatoms. The van der Waals surface area contributed by atoms with Crippen LogP contribution in [-0.4, -0.2) is 47.7 Å². The van der Waals surface area contributed by atoms with Crippen molar-refractivity contribution in [3.05, 3.63) is 52.8 Å². The summed E-state index contributed by atoms with van der Waals surface area (Å²) in [4.78, 5) is 36.4. The van der Waals surface area contributed by atoms with E-state index in [1.54, 1.807) is 42.5 Å². The van der Waals surface area contributed by atoms with Crippen LogP contribution in [0, 0.1) is 0 Å². The van der Waals surface area contributed by atoms with Crippen LogP contribution >= 0.6 is 0 Å². The third-order valence-corrected chi connectivity index (χ3v) is 3.96. The van der Waals surface area contributed by atoms with E-state index in [4.69, 9.17) is 14.2 Å². The van der Waals surface area contributed by atoms with Crippen LogP contribution in [0.2, 0.25) is 0 Å². The Labute approximate surface area is 165 Å². The van der Waals surface area contributed by atoms with Gasteiger partial charge in [0.15, 0.2) is 6.61 Å². The van der Waals surface area contributed by atoms with Gasteiger partial charge in [-0.1, -0.05) is 17.3 Å². The van der Waals surface area contributed by atoms with E-state index in [1.165, 1.54) is 14.2 Å². The SMILES string of the molecule is COc1ccc(NC(=O)COC(=O)Cn2nnc3ccccc3c2=O)c(OC)c1. The molecule has 0 bridgehead atoms. The number of aromatic nitrogens is 3. The zero-order valence-corrected chi connectivity index (χ0v) is 15.7. The van der Waals surface area contributed by atoms with E-state index in [0.29, 0.717) is 28.1 Å². The number of benzene rings is 2. The van der Waals surface area contributed by atoms with Gasteiger partial charge in [-0.05, 0) is 24.3 Å². The first-order valence-electron chi connectivity index (χ1n) is 8.52. The molecule has 0 aliphatic carbocycles. The summed E-state index contributed by atoms with van der Waals surface area (Å²) in [5, 5.41) is 10.5. The second kappa shape index (κ2) is 8.83. The number of nitrogens with one attached hydrogen (secondary N) is 1. The highest BCUT2D eigenvalue weighted by Crippen LogP contribution is 2.28. The summed E-state index contributed by atoms with van der Waals surface area (Å²) >= 11 is 0. The first kappa shape index (κ1) is 19.8. The number of hydrogen-bond donors (Lipinski definition) is 1. The topological polar surface area (TPSA) is 122 Å². The molecule has 0 spiro atoms. The lowest BCUT2D eigenvalue weighted by molar-refractivity contribution is -0.148. The fraction of sp³-hybridized carbons (Fsp3) is 0.211. The number of nitrogens with zero attached hydrogens (tertiary/aromatic N) is 3. The first-order chi connectivity index (χ1) is 14.0. The number of ether oxygens (including phenoxy) is 3. The maximum absolute atomic E-state index is 12.3. The standard InChI is InChI=1S/C19H18N4O6/c1-27-12-7-8-15(16(9-12)28-2)20-17(24)11-29-18(25)10-23-19(26)13-5-3-4-6-14(13)21-22-23/h3-9H,10-11H2,1-2H3,(H,20,24). The van der Waals surface area contributed by atoms with E-state index in [-0.39, 0.29) is 0 Å². The summed E-state index contributed by atoms with van der Waals surface area (Å²) in [6, 6.07) is 11.5. The summed E-state index contributed by atoms with van der Waals surface area (Å²) in [7, 11) is 2.96. The zero-order valence-electron chi connectivity index (χ0n) is 15.7. The fourth-order valence-corrected chi connectivity index (χ4v) is 2.53. The summed E-state index contributed by atoms with van der Waals surface area (Å²) < 4.78 is 16.1. The molecule has 0 fully saturated rings. The monoisotopic (exact) mass is 398 g/mol. The smallest absolute Gasteiger partial charge is 0.328 e. The number of amides is 1. The van der Waals surface area contributed by atoms with Crippen LogP contribution < -0.4 is 20.3 Å². The molecular formula is C19H18N4O6. The molecule has 150 valence electrons. The molecule has 10 nitrogen and oxygen atoms in total. The van der Waals surface area contributed by atoms with Crippen LogP contribution in [0.1, 0.15) is 0 Å². The maximum atomic E-state index is 12.3. The second-order valence-corrected chi connectivity index (χ2v) is 5.84. The van der Waals surface area contributed by atoms with E-state index >= 15 is 0 Å². The van der Waals surface area contributed by atoms with E-state index < -0.39 is 30.6 Å². The van der Waals surface area contributed by atoms with Gasteiger partial charge in [-0.15, -0.1) is 5.10 Å². The average molecular weight is 398 g/mol. The van der Waals surface area contributed by atoms with Crippen molar-refractivity contribution in [1.29, 1.82) is 0 Å². The maximum Gasteiger partial charge on any atom is 0.328 e. The molecular weight excluding hydrogens is 380 g/mol. The predicted molar refractivity (Wildman–Crippen MR) is 103 cm³/mol. The summed E-state index contributed by atoms with van der Waals surface area (Å²) in [5.74, 6) is -0.414. The molecule has 0 saturated carbocycles. The fourth-order valence-electron chi connectivity index (χ4n) is 2.53. The minimum atomic E-state index is -0.798. The van der Waals surface area contributed by atoms with Crippen molar-refractivity contribution in [1.82, 2.24) is 15.0 Å². The lowest BCUT2D eigenvalue weighted by Gasteiger charge is -2.12. The lowest BCUT2D eigenvalue weighted by atomic mass is 10.2. The average Bonchev–Trinajstić information content (AvgIpc) is 2.74. The van der Waals surface area contributed by atoms with Crippen molar-refractivity contribution in [2.75, 3.05) is 26.1 Å². The summed E-state index contributed by atoms with van der Waals surface area (Å²) in [6.45, 7) is -1.00. The number of fused-ring (bicyclic) bond motifs is 1. The molecule has 29 heavy (non-hydrogen) atoms. The third kappa shape index (κ3) is 4.67. The number of anilines is 1. The van der Waals surface area contributed by atoms with Gasteiger partial charge in [0.1, 0.15) is 23.6 Å². The first-order valence-corrected chi connectivity index (χ1v) is 8.52. The van der Waals surface area contributed by atoms with Crippen LogP contribution in [0.5, 0.6) is 11.5 Å². The molecule has 1 amide bonds. The Morgan fingerprint density at radius 1 is 1.10 bits per heavy atom. The Hall–Kier alpha value is -3.95. The highest BCUT2D eigenvalue weighted by Gasteiger charge is 2.14. The molecule has 3 rings (SSSR count). The highest BCUT2D eigenvalue weighted by molar-refractivity contribution is 5.94. The Kier molecular flexibility index (Phi) is 6.03. The van der Waals surface area contributed by atoms with Crippen LogP contribution in [-0.2, 0) is 20.9 Å². The summed E-state index contributed by atoms with van der Waals surface area (Å²) in [5.41, 5.74) is 0.348. The Bertz CT molecular complexity index is 1110. The normalized spacial score (nSPS) is 10.4. The minimum absolute atomic E-state index is 0.333. The van der Waals surface area contributed by atoms with Crippen LogP contribution in [0.25, 0.3) is 10.9 Å². The van der Waals surface area contributed by atoms with Crippen molar-refractivity contribution < 1.29 is 23.8 Å². The van der Waals surface area contributed by atoms with Crippen molar-refractivity contribution in [3.8, 4) is 11.5 Å². The third-order valence-electron chi connectivity index (χ3n) is 3.96. The second-order valence-electron chi connectivity index (χ2n) is 5.84.